The van der Waals surface area contributed by atoms with Crippen molar-refractivity contribution in [2.24, 2.45) is 5.92 Å². The number of nitrogens with zero attached hydrogens (tertiary/aromatic N) is 4. The molecule has 7 nitrogen and oxygen atoms in total. The molecule has 0 unspecified atom stereocenters. The number of piperazine rings is 1. The third kappa shape index (κ3) is 4.01. The lowest BCUT2D eigenvalue weighted by Gasteiger charge is -2.38. The van der Waals surface area contributed by atoms with Crippen molar-refractivity contribution in [3.63, 3.8) is 0 Å². The summed E-state index contributed by atoms with van der Waals surface area (Å²) in [5, 5.41) is 1.02. The fourth-order valence-electron chi connectivity index (χ4n) is 3.97. The van der Waals surface area contributed by atoms with Crippen molar-refractivity contribution in [3.8, 4) is 0 Å². The van der Waals surface area contributed by atoms with Crippen LogP contribution in [0.4, 0.5) is 5.13 Å². The van der Waals surface area contributed by atoms with Crippen molar-refractivity contribution < 1.29 is 13.2 Å². The summed E-state index contributed by atoms with van der Waals surface area (Å²) in [6, 6.07) is 6.31. The van der Waals surface area contributed by atoms with Crippen LogP contribution in [-0.2, 0) is 14.8 Å². The Bertz CT molecular complexity index is 972. The molecule has 0 saturated carbocycles. The molecule has 0 aliphatic carbocycles. The van der Waals surface area contributed by atoms with Crippen LogP contribution < -0.4 is 4.90 Å². The van der Waals surface area contributed by atoms with Crippen LogP contribution in [0.1, 0.15) is 18.4 Å². The van der Waals surface area contributed by atoms with Crippen molar-refractivity contribution in [1.82, 2.24) is 14.2 Å². The molecule has 2 aliphatic rings. The number of thiazole rings is 1. The molecule has 2 aliphatic heterocycles. The second-order valence-electron chi connectivity index (χ2n) is 7.72. The van der Waals surface area contributed by atoms with Crippen molar-refractivity contribution in [3.05, 3.63) is 23.8 Å². The lowest BCUT2D eigenvalue weighted by Crippen LogP contribution is -2.52. The number of aromatic nitrogens is 1. The summed E-state index contributed by atoms with van der Waals surface area (Å²) >= 11 is 1.71. The van der Waals surface area contributed by atoms with E-state index in [0.29, 0.717) is 39.0 Å². The Labute approximate surface area is 170 Å². The van der Waals surface area contributed by atoms with Gasteiger partial charge in [0.25, 0.3) is 0 Å². The van der Waals surface area contributed by atoms with Crippen molar-refractivity contribution in [2.75, 3.05) is 50.4 Å². The van der Waals surface area contributed by atoms with E-state index in [-0.39, 0.29) is 11.8 Å². The molecule has 0 N–H and O–H groups in total. The highest BCUT2D eigenvalue weighted by Gasteiger charge is 2.33. The SMILES string of the molecule is Cc1ccc2nc(N3CCN(C(=O)C4CCN(S(C)(=O)=O)CC4)CC3)sc2c1. The summed E-state index contributed by atoms with van der Waals surface area (Å²) in [7, 11) is -3.16. The first-order valence-electron chi connectivity index (χ1n) is 9.67. The zero-order valence-electron chi connectivity index (χ0n) is 16.3. The van der Waals surface area contributed by atoms with Crippen LogP contribution in [0.25, 0.3) is 10.2 Å². The molecule has 0 spiro atoms. The fourth-order valence-corrected chi connectivity index (χ4v) is 5.96. The number of fused-ring (bicyclic) bond motifs is 1. The number of sulfonamides is 1. The van der Waals surface area contributed by atoms with Gasteiger partial charge < -0.3 is 9.80 Å². The van der Waals surface area contributed by atoms with Crippen molar-refractivity contribution >= 4 is 42.6 Å². The summed E-state index contributed by atoms with van der Waals surface area (Å²) in [6.07, 6.45) is 2.46. The molecule has 0 radical (unpaired) electrons. The zero-order chi connectivity index (χ0) is 19.9. The van der Waals surface area contributed by atoms with Gasteiger partial charge in [0.05, 0.1) is 16.5 Å². The Morgan fingerprint density at radius 2 is 1.79 bits per heavy atom. The third-order valence-electron chi connectivity index (χ3n) is 5.67. The van der Waals surface area contributed by atoms with Gasteiger partial charge >= 0.3 is 0 Å². The van der Waals surface area contributed by atoms with Gasteiger partial charge in [0, 0.05) is 45.2 Å². The number of hydrogen-bond acceptors (Lipinski definition) is 6. The molecule has 2 aromatic rings. The zero-order valence-corrected chi connectivity index (χ0v) is 17.9. The Morgan fingerprint density at radius 3 is 2.43 bits per heavy atom. The predicted octanol–water partition coefficient (Wildman–Crippen LogP) is 1.92. The third-order valence-corrected chi connectivity index (χ3v) is 8.05. The number of carbonyl (C=O) groups excluding carboxylic acids is 1. The van der Waals surface area contributed by atoms with E-state index in [1.165, 1.54) is 20.8 Å². The standard InChI is InChI=1S/C19H26N4O3S2/c1-14-3-4-16-17(13-14)27-19(20-16)22-11-9-21(10-12-22)18(24)15-5-7-23(8-6-15)28(2,25)26/h3-4,13,15H,5-12H2,1-2H3. The van der Waals surface area contributed by atoms with Gasteiger partial charge in [0.2, 0.25) is 15.9 Å². The molecule has 152 valence electrons. The van der Waals surface area contributed by atoms with Gasteiger partial charge in [-0.05, 0) is 37.5 Å². The molecular formula is C19H26N4O3S2. The largest absolute Gasteiger partial charge is 0.345 e. The minimum Gasteiger partial charge on any atom is -0.345 e. The molecule has 0 bridgehead atoms. The summed E-state index contributed by atoms with van der Waals surface area (Å²) < 4.78 is 26.0. The van der Waals surface area contributed by atoms with Crippen LogP contribution in [0.2, 0.25) is 0 Å². The summed E-state index contributed by atoms with van der Waals surface area (Å²) in [4.78, 5) is 21.8. The molecule has 2 fully saturated rings. The van der Waals surface area contributed by atoms with Gasteiger partial charge in [-0.2, -0.15) is 0 Å². The van der Waals surface area contributed by atoms with Gasteiger partial charge in [0.1, 0.15) is 0 Å². The number of piperidine rings is 1. The van der Waals surface area contributed by atoms with Crippen LogP contribution in [0.3, 0.4) is 0 Å². The van der Waals surface area contributed by atoms with Crippen LogP contribution >= 0.6 is 11.3 Å². The molecule has 1 aromatic carbocycles. The Hall–Kier alpha value is -1.71. The van der Waals surface area contributed by atoms with E-state index < -0.39 is 10.0 Å². The molecule has 4 rings (SSSR count). The quantitative estimate of drug-likeness (QED) is 0.756. The highest BCUT2D eigenvalue weighted by atomic mass is 32.2. The predicted molar refractivity (Wildman–Crippen MR) is 112 cm³/mol. The Kier molecular flexibility index (Phi) is 5.32. The molecular weight excluding hydrogens is 396 g/mol. The second-order valence-corrected chi connectivity index (χ2v) is 10.7. The fraction of sp³-hybridized carbons (Fsp3) is 0.579. The van der Waals surface area contributed by atoms with Crippen LogP contribution in [0.5, 0.6) is 0 Å². The van der Waals surface area contributed by atoms with Gasteiger partial charge in [-0.25, -0.2) is 17.7 Å². The van der Waals surface area contributed by atoms with E-state index in [0.717, 1.165) is 23.7 Å². The number of rotatable bonds is 3. The number of anilines is 1. The first kappa shape index (κ1) is 19.6. The lowest BCUT2D eigenvalue weighted by atomic mass is 9.96. The minimum atomic E-state index is -3.16. The van der Waals surface area contributed by atoms with E-state index in [1.807, 2.05) is 4.90 Å². The molecule has 1 aromatic heterocycles. The van der Waals surface area contributed by atoms with Crippen molar-refractivity contribution in [1.29, 1.82) is 0 Å². The molecule has 0 atom stereocenters. The Morgan fingerprint density at radius 1 is 1.11 bits per heavy atom. The minimum absolute atomic E-state index is 0.0602. The normalized spacial score (nSPS) is 20.1. The van der Waals surface area contributed by atoms with E-state index >= 15 is 0 Å². The van der Waals surface area contributed by atoms with Crippen molar-refractivity contribution in [2.45, 2.75) is 19.8 Å². The van der Waals surface area contributed by atoms with Gasteiger partial charge in [0.15, 0.2) is 5.13 Å². The number of hydrogen-bond donors (Lipinski definition) is 0. The summed E-state index contributed by atoms with van der Waals surface area (Å²) in [5.74, 6) is 0.114. The molecule has 3 heterocycles. The number of amides is 1. The monoisotopic (exact) mass is 422 g/mol. The van der Waals surface area contributed by atoms with Gasteiger partial charge in [-0.15, -0.1) is 0 Å². The second kappa shape index (κ2) is 7.61. The topological polar surface area (TPSA) is 73.8 Å². The maximum absolute atomic E-state index is 12.9. The molecule has 9 heteroatoms. The highest BCUT2D eigenvalue weighted by molar-refractivity contribution is 7.88. The van der Waals surface area contributed by atoms with E-state index in [1.54, 1.807) is 11.3 Å². The Balaban J connectivity index is 1.34. The molecule has 2 saturated heterocycles. The van der Waals surface area contributed by atoms with Crippen LogP contribution in [0, 0.1) is 12.8 Å². The van der Waals surface area contributed by atoms with E-state index in [2.05, 4.69) is 30.0 Å². The average molecular weight is 423 g/mol. The number of benzene rings is 1. The summed E-state index contributed by atoms with van der Waals surface area (Å²) in [5.41, 5.74) is 2.27. The molecule has 1 amide bonds. The molecule has 28 heavy (non-hydrogen) atoms. The van der Waals surface area contributed by atoms with E-state index in [4.69, 9.17) is 4.98 Å². The van der Waals surface area contributed by atoms with Crippen LogP contribution in [0.15, 0.2) is 18.2 Å². The smallest absolute Gasteiger partial charge is 0.225 e. The van der Waals surface area contributed by atoms with E-state index in [9.17, 15) is 13.2 Å². The maximum atomic E-state index is 12.9. The number of carbonyl (C=O) groups is 1. The summed E-state index contributed by atoms with van der Waals surface area (Å²) in [6.45, 7) is 5.93. The lowest BCUT2D eigenvalue weighted by molar-refractivity contribution is -0.137. The first-order chi connectivity index (χ1) is 13.3. The first-order valence-corrected chi connectivity index (χ1v) is 12.3. The number of aryl methyl sites for hydroxylation is 1. The maximum Gasteiger partial charge on any atom is 0.225 e. The van der Waals surface area contributed by atoms with Gasteiger partial charge in [-0.3, -0.25) is 4.79 Å². The van der Waals surface area contributed by atoms with Gasteiger partial charge in [-0.1, -0.05) is 17.4 Å². The van der Waals surface area contributed by atoms with Crippen LogP contribution in [-0.4, -0.2) is 74.0 Å². The highest BCUT2D eigenvalue weighted by Crippen LogP contribution is 2.30. The average Bonchev–Trinajstić information content (AvgIpc) is 3.10.